The van der Waals surface area contributed by atoms with Crippen LogP contribution in [-0.2, 0) is 11.3 Å². The maximum Gasteiger partial charge on any atom is 0.117 e. The minimum absolute atomic E-state index is 0.315. The van der Waals surface area contributed by atoms with Crippen LogP contribution in [0.1, 0.15) is 51.5 Å². The zero-order chi connectivity index (χ0) is 19.4. The molecule has 4 rings (SSSR count). The molecule has 0 aliphatic carbocycles. The summed E-state index contributed by atoms with van der Waals surface area (Å²) < 4.78 is 6.24. The topological polar surface area (TPSA) is 19.0 Å². The van der Waals surface area contributed by atoms with Crippen molar-refractivity contribution in [1.29, 1.82) is 0 Å². The van der Waals surface area contributed by atoms with Gasteiger partial charge in [0.2, 0.25) is 0 Å². The summed E-state index contributed by atoms with van der Waals surface area (Å²) in [5, 5.41) is 0. The first-order chi connectivity index (χ1) is 13.7. The predicted molar refractivity (Wildman–Crippen MR) is 115 cm³/mol. The van der Waals surface area contributed by atoms with Gasteiger partial charge in [0.25, 0.3) is 0 Å². The molecule has 1 atom stereocenters. The fraction of sp³-hybridized carbons (Fsp3) is 0.667. The van der Waals surface area contributed by atoms with E-state index in [1.165, 1.54) is 69.0 Å². The molecule has 28 heavy (non-hydrogen) atoms. The minimum Gasteiger partial charge on any atom is -0.496 e. The van der Waals surface area contributed by atoms with Crippen molar-refractivity contribution in [2.24, 2.45) is 0 Å². The molecule has 0 saturated carbocycles. The van der Waals surface area contributed by atoms with E-state index in [2.05, 4.69) is 58.9 Å². The van der Waals surface area contributed by atoms with Crippen molar-refractivity contribution in [3.63, 3.8) is 0 Å². The number of benzene rings is 1. The average molecular weight is 384 g/mol. The molecular weight excluding hydrogens is 346 g/mol. The van der Waals surface area contributed by atoms with Crippen LogP contribution in [0.2, 0.25) is 0 Å². The molecule has 0 N–H and O–H groups in total. The van der Waals surface area contributed by atoms with Gasteiger partial charge in [0, 0.05) is 64.2 Å². The smallest absolute Gasteiger partial charge is 0.117 e. The molecule has 2 saturated heterocycles. The summed E-state index contributed by atoms with van der Waals surface area (Å²) in [4.78, 5) is 8.04. The Balaban J connectivity index is 1.44. The van der Waals surface area contributed by atoms with Gasteiger partial charge < -0.3 is 9.64 Å². The van der Waals surface area contributed by atoms with Crippen molar-refractivity contribution in [2.75, 3.05) is 45.9 Å². The van der Waals surface area contributed by atoms with Gasteiger partial charge in [0.1, 0.15) is 5.76 Å². The molecule has 0 aromatic heterocycles. The van der Waals surface area contributed by atoms with E-state index in [1.807, 2.05) is 0 Å². The first-order valence-corrected chi connectivity index (χ1v) is 11.3. The van der Waals surface area contributed by atoms with E-state index in [-0.39, 0.29) is 0 Å². The van der Waals surface area contributed by atoms with Crippen LogP contribution < -0.4 is 0 Å². The SMILES string of the molecule is CCCC1=C2CC(N3CCN(Cc4ccccc4)CC3)(CCO2)CCN1CC. The van der Waals surface area contributed by atoms with Crippen LogP contribution in [0.4, 0.5) is 0 Å². The molecule has 0 amide bonds. The van der Waals surface area contributed by atoms with E-state index in [1.54, 1.807) is 0 Å². The molecule has 1 aromatic rings. The van der Waals surface area contributed by atoms with E-state index in [4.69, 9.17) is 4.74 Å². The number of nitrogens with zero attached hydrogens (tertiary/aromatic N) is 3. The van der Waals surface area contributed by atoms with Gasteiger partial charge in [-0.05, 0) is 25.3 Å². The third-order valence-electron chi connectivity index (χ3n) is 7.04. The Morgan fingerprint density at radius 2 is 1.75 bits per heavy atom. The Labute approximate surface area is 171 Å². The summed E-state index contributed by atoms with van der Waals surface area (Å²) in [5.41, 5.74) is 3.24. The van der Waals surface area contributed by atoms with Crippen molar-refractivity contribution in [2.45, 2.75) is 58.0 Å². The number of hydrogen-bond donors (Lipinski definition) is 0. The van der Waals surface area contributed by atoms with Crippen LogP contribution in [0.15, 0.2) is 41.8 Å². The zero-order valence-corrected chi connectivity index (χ0v) is 17.8. The zero-order valence-electron chi connectivity index (χ0n) is 17.8. The summed E-state index contributed by atoms with van der Waals surface area (Å²) in [5.74, 6) is 1.30. The van der Waals surface area contributed by atoms with Gasteiger partial charge in [-0.1, -0.05) is 43.7 Å². The van der Waals surface area contributed by atoms with Crippen LogP contribution in [0.5, 0.6) is 0 Å². The molecule has 3 heterocycles. The van der Waals surface area contributed by atoms with E-state index in [0.717, 1.165) is 32.5 Å². The van der Waals surface area contributed by atoms with Crippen molar-refractivity contribution in [3.05, 3.63) is 47.4 Å². The molecule has 2 bridgehead atoms. The lowest BCUT2D eigenvalue weighted by atomic mass is 9.83. The maximum absolute atomic E-state index is 6.24. The van der Waals surface area contributed by atoms with Crippen molar-refractivity contribution >= 4 is 0 Å². The summed E-state index contributed by atoms with van der Waals surface area (Å²) in [7, 11) is 0. The van der Waals surface area contributed by atoms with Gasteiger partial charge in [-0.15, -0.1) is 0 Å². The van der Waals surface area contributed by atoms with E-state index in [9.17, 15) is 0 Å². The number of ether oxygens (including phenoxy) is 1. The van der Waals surface area contributed by atoms with Gasteiger partial charge in [0.15, 0.2) is 0 Å². The largest absolute Gasteiger partial charge is 0.496 e. The van der Waals surface area contributed by atoms with Crippen LogP contribution in [-0.4, -0.2) is 66.1 Å². The fourth-order valence-electron chi connectivity index (χ4n) is 5.39. The third kappa shape index (κ3) is 4.08. The molecule has 4 heteroatoms. The average Bonchev–Trinajstić information content (AvgIpc) is 2.84. The van der Waals surface area contributed by atoms with Crippen molar-refractivity contribution < 1.29 is 4.74 Å². The van der Waals surface area contributed by atoms with E-state index >= 15 is 0 Å². The summed E-state index contributed by atoms with van der Waals surface area (Å²) >= 11 is 0. The molecule has 1 unspecified atom stereocenters. The molecule has 0 radical (unpaired) electrons. The quantitative estimate of drug-likeness (QED) is 0.736. The van der Waals surface area contributed by atoms with Crippen LogP contribution in [0.25, 0.3) is 0 Å². The Hall–Kier alpha value is -1.52. The fourth-order valence-corrected chi connectivity index (χ4v) is 5.39. The van der Waals surface area contributed by atoms with E-state index in [0.29, 0.717) is 5.54 Å². The Morgan fingerprint density at radius 3 is 2.46 bits per heavy atom. The van der Waals surface area contributed by atoms with Gasteiger partial charge in [-0.25, -0.2) is 0 Å². The standard InChI is InChI=1S/C24H37N3O/c1-3-8-22-23-19-24(12-18-28-23,11-13-26(22)4-2)27-16-14-25(15-17-27)20-21-9-6-5-7-10-21/h5-7,9-10H,3-4,8,11-20H2,1-2H3. The summed E-state index contributed by atoms with van der Waals surface area (Å²) in [6.07, 6.45) is 5.94. The lowest BCUT2D eigenvalue weighted by molar-refractivity contribution is -0.0244. The van der Waals surface area contributed by atoms with Gasteiger partial charge >= 0.3 is 0 Å². The second-order valence-electron chi connectivity index (χ2n) is 8.70. The molecule has 4 nitrogen and oxygen atoms in total. The number of hydrogen-bond acceptors (Lipinski definition) is 4. The highest BCUT2D eigenvalue weighted by atomic mass is 16.5. The highest BCUT2D eigenvalue weighted by Crippen LogP contribution is 2.41. The Kier molecular flexibility index (Phi) is 6.27. The Morgan fingerprint density at radius 1 is 0.964 bits per heavy atom. The second-order valence-corrected chi connectivity index (χ2v) is 8.70. The molecule has 154 valence electrons. The Bertz CT molecular complexity index is 666. The molecule has 0 spiro atoms. The molecule has 3 aliphatic heterocycles. The number of rotatable bonds is 6. The highest BCUT2D eigenvalue weighted by Gasteiger charge is 2.44. The van der Waals surface area contributed by atoms with Crippen molar-refractivity contribution in [3.8, 4) is 0 Å². The molecule has 1 aromatic carbocycles. The molecule has 2 fully saturated rings. The van der Waals surface area contributed by atoms with Crippen molar-refractivity contribution in [1.82, 2.24) is 14.7 Å². The van der Waals surface area contributed by atoms with Gasteiger partial charge in [-0.2, -0.15) is 0 Å². The van der Waals surface area contributed by atoms with Gasteiger partial charge in [-0.3, -0.25) is 9.80 Å². The van der Waals surface area contributed by atoms with Crippen LogP contribution in [0.3, 0.4) is 0 Å². The number of piperazine rings is 1. The number of fused-ring (bicyclic) bond motifs is 2. The second kappa shape index (κ2) is 8.87. The van der Waals surface area contributed by atoms with Crippen LogP contribution >= 0.6 is 0 Å². The van der Waals surface area contributed by atoms with Gasteiger partial charge in [0.05, 0.1) is 12.3 Å². The first-order valence-electron chi connectivity index (χ1n) is 11.3. The molecular formula is C24H37N3O. The van der Waals surface area contributed by atoms with E-state index < -0.39 is 0 Å². The maximum atomic E-state index is 6.24. The number of allylic oxidation sites excluding steroid dienone is 1. The lowest BCUT2D eigenvalue weighted by Crippen LogP contribution is -2.58. The first kappa shape index (κ1) is 19.8. The summed E-state index contributed by atoms with van der Waals surface area (Å²) in [6.45, 7) is 13.6. The minimum atomic E-state index is 0.315. The molecule has 3 aliphatic rings. The lowest BCUT2D eigenvalue weighted by Gasteiger charge is -2.49. The van der Waals surface area contributed by atoms with Crippen LogP contribution in [0, 0.1) is 0 Å². The highest BCUT2D eigenvalue weighted by molar-refractivity contribution is 5.18. The summed E-state index contributed by atoms with van der Waals surface area (Å²) in [6, 6.07) is 10.9. The third-order valence-corrected chi connectivity index (χ3v) is 7.04. The predicted octanol–water partition coefficient (Wildman–Crippen LogP) is 4.09. The normalized spacial score (nSPS) is 26.9. The monoisotopic (exact) mass is 383 g/mol.